The van der Waals surface area contributed by atoms with Crippen LogP contribution in [0.2, 0.25) is 0 Å². The third-order valence-corrected chi connectivity index (χ3v) is 2.65. The summed E-state index contributed by atoms with van der Waals surface area (Å²) < 4.78 is 11.1. The van der Waals surface area contributed by atoms with Crippen LogP contribution in [0.15, 0.2) is 24.3 Å². The summed E-state index contributed by atoms with van der Waals surface area (Å²) in [7, 11) is 1.86. The van der Waals surface area contributed by atoms with Gasteiger partial charge in [-0.2, -0.15) is 0 Å². The van der Waals surface area contributed by atoms with E-state index in [0.29, 0.717) is 32.6 Å². The fraction of sp³-hybridized carbons (Fsp3) is 0.533. The Kier molecular flexibility index (Phi) is 11.4. The van der Waals surface area contributed by atoms with Gasteiger partial charge in [-0.1, -0.05) is 12.1 Å². The van der Waals surface area contributed by atoms with Gasteiger partial charge in [0.1, 0.15) is 0 Å². The molecule has 1 amide bonds. The number of benzene rings is 1. The molecule has 6 heteroatoms. The van der Waals surface area contributed by atoms with Crippen molar-refractivity contribution >= 4 is 18.3 Å². The Morgan fingerprint density at radius 3 is 2.43 bits per heavy atom. The lowest BCUT2D eigenvalue weighted by atomic mass is 10.3. The van der Waals surface area contributed by atoms with E-state index in [9.17, 15) is 4.79 Å². The molecule has 0 saturated carbocycles. The van der Waals surface area contributed by atoms with Gasteiger partial charge in [-0.15, -0.1) is 12.4 Å². The van der Waals surface area contributed by atoms with Gasteiger partial charge in [-0.05, 0) is 32.5 Å². The Morgan fingerprint density at radius 1 is 1.14 bits per heavy atom. The zero-order valence-electron chi connectivity index (χ0n) is 12.7. The molecule has 0 aliphatic heterocycles. The first-order valence-corrected chi connectivity index (χ1v) is 7.03. The zero-order chi connectivity index (χ0) is 14.6. The number of likely N-dealkylation sites (N-methyl/N-ethyl adjacent to an activating group) is 1. The van der Waals surface area contributed by atoms with Gasteiger partial charge < -0.3 is 20.1 Å². The van der Waals surface area contributed by atoms with E-state index in [1.54, 1.807) is 0 Å². The predicted octanol–water partition coefficient (Wildman–Crippen LogP) is 2.00. The molecule has 0 saturated heterocycles. The van der Waals surface area contributed by atoms with Crippen LogP contribution in [-0.4, -0.2) is 39.3 Å². The molecule has 0 unspecified atom stereocenters. The second-order valence-corrected chi connectivity index (χ2v) is 4.29. The Bertz CT molecular complexity index is 402. The molecule has 0 aromatic heterocycles. The molecule has 0 bridgehead atoms. The number of hydrogen-bond acceptors (Lipinski definition) is 4. The van der Waals surface area contributed by atoms with Gasteiger partial charge in [0.2, 0.25) is 5.91 Å². The minimum absolute atomic E-state index is 0. The van der Waals surface area contributed by atoms with Crippen molar-refractivity contribution in [2.24, 2.45) is 0 Å². The SMILES string of the molecule is CCOc1ccccc1OCCCC(=O)NCCNC.Cl. The van der Waals surface area contributed by atoms with Crippen LogP contribution in [0, 0.1) is 0 Å². The summed E-state index contributed by atoms with van der Waals surface area (Å²) in [6.07, 6.45) is 1.16. The molecule has 21 heavy (non-hydrogen) atoms. The van der Waals surface area contributed by atoms with E-state index >= 15 is 0 Å². The second kappa shape index (κ2) is 12.3. The molecular weight excluding hydrogens is 292 g/mol. The highest BCUT2D eigenvalue weighted by atomic mass is 35.5. The molecule has 0 aliphatic carbocycles. The third-order valence-electron chi connectivity index (χ3n) is 2.65. The van der Waals surface area contributed by atoms with E-state index in [2.05, 4.69) is 10.6 Å². The number of carbonyl (C=O) groups is 1. The van der Waals surface area contributed by atoms with Crippen molar-refractivity contribution in [3.63, 3.8) is 0 Å². The summed E-state index contributed by atoms with van der Waals surface area (Å²) in [5, 5.41) is 5.81. The summed E-state index contributed by atoms with van der Waals surface area (Å²) in [5.74, 6) is 1.53. The number of halogens is 1. The molecule has 120 valence electrons. The van der Waals surface area contributed by atoms with Gasteiger partial charge in [-0.3, -0.25) is 4.79 Å². The van der Waals surface area contributed by atoms with Gasteiger partial charge in [0.05, 0.1) is 13.2 Å². The summed E-state index contributed by atoms with van der Waals surface area (Å²) in [4.78, 5) is 11.5. The van der Waals surface area contributed by atoms with Gasteiger partial charge in [-0.25, -0.2) is 0 Å². The Balaban J connectivity index is 0.00000400. The molecular formula is C15H25ClN2O3. The summed E-state index contributed by atoms with van der Waals surface area (Å²) in [6, 6.07) is 7.57. The van der Waals surface area contributed by atoms with E-state index in [1.807, 2.05) is 38.2 Å². The molecule has 0 spiro atoms. The number of ether oxygens (including phenoxy) is 2. The summed E-state index contributed by atoms with van der Waals surface area (Å²) >= 11 is 0. The topological polar surface area (TPSA) is 59.6 Å². The lowest BCUT2D eigenvalue weighted by molar-refractivity contribution is -0.121. The Morgan fingerprint density at radius 2 is 1.81 bits per heavy atom. The van der Waals surface area contributed by atoms with E-state index in [0.717, 1.165) is 18.0 Å². The maximum atomic E-state index is 11.5. The van der Waals surface area contributed by atoms with E-state index in [-0.39, 0.29) is 18.3 Å². The quantitative estimate of drug-likeness (QED) is 0.648. The first-order valence-electron chi connectivity index (χ1n) is 7.03. The molecule has 0 fully saturated rings. The average Bonchev–Trinajstić information content (AvgIpc) is 2.46. The molecule has 1 aromatic carbocycles. The predicted molar refractivity (Wildman–Crippen MR) is 86.5 cm³/mol. The number of nitrogens with one attached hydrogen (secondary N) is 2. The minimum Gasteiger partial charge on any atom is -0.490 e. The number of hydrogen-bond donors (Lipinski definition) is 2. The molecule has 1 rings (SSSR count). The lowest BCUT2D eigenvalue weighted by Gasteiger charge is -2.11. The van der Waals surface area contributed by atoms with Crippen molar-refractivity contribution in [2.45, 2.75) is 19.8 Å². The third kappa shape index (κ3) is 8.42. The summed E-state index contributed by atoms with van der Waals surface area (Å²) in [5.41, 5.74) is 0. The fourth-order valence-electron chi connectivity index (χ4n) is 1.67. The van der Waals surface area contributed by atoms with Crippen LogP contribution in [0.3, 0.4) is 0 Å². The molecule has 5 nitrogen and oxygen atoms in total. The fourth-order valence-corrected chi connectivity index (χ4v) is 1.67. The van der Waals surface area contributed by atoms with Crippen LogP contribution in [0.1, 0.15) is 19.8 Å². The Labute approximate surface area is 132 Å². The standard InChI is InChI=1S/C15H24N2O3.ClH/c1-3-19-13-7-4-5-8-14(13)20-12-6-9-15(18)17-11-10-16-2;/h4-5,7-8,16H,3,6,9-12H2,1-2H3,(H,17,18);1H. The molecule has 0 aliphatic rings. The maximum Gasteiger partial charge on any atom is 0.220 e. The van der Waals surface area contributed by atoms with Crippen molar-refractivity contribution in [3.05, 3.63) is 24.3 Å². The highest BCUT2D eigenvalue weighted by molar-refractivity contribution is 5.85. The highest BCUT2D eigenvalue weighted by Gasteiger charge is 2.04. The van der Waals surface area contributed by atoms with Gasteiger partial charge in [0, 0.05) is 19.5 Å². The molecule has 1 aromatic rings. The molecule has 0 heterocycles. The van der Waals surface area contributed by atoms with Gasteiger partial charge >= 0.3 is 0 Å². The Hall–Kier alpha value is -1.46. The van der Waals surface area contributed by atoms with Crippen molar-refractivity contribution in [1.82, 2.24) is 10.6 Å². The minimum atomic E-state index is 0. The van der Waals surface area contributed by atoms with Crippen LogP contribution in [0.5, 0.6) is 11.5 Å². The molecule has 2 N–H and O–H groups in total. The maximum absolute atomic E-state index is 11.5. The smallest absolute Gasteiger partial charge is 0.220 e. The molecule has 0 atom stereocenters. The van der Waals surface area contributed by atoms with Crippen molar-refractivity contribution < 1.29 is 14.3 Å². The van der Waals surface area contributed by atoms with E-state index in [1.165, 1.54) is 0 Å². The van der Waals surface area contributed by atoms with Crippen molar-refractivity contribution in [1.29, 1.82) is 0 Å². The van der Waals surface area contributed by atoms with Gasteiger partial charge in [0.15, 0.2) is 11.5 Å². The molecule has 0 radical (unpaired) electrons. The normalized spacial score (nSPS) is 9.62. The lowest BCUT2D eigenvalue weighted by Crippen LogP contribution is -2.30. The first-order chi connectivity index (χ1) is 9.77. The number of carbonyl (C=O) groups excluding carboxylic acids is 1. The number of rotatable bonds is 10. The van der Waals surface area contributed by atoms with Crippen LogP contribution in [-0.2, 0) is 4.79 Å². The zero-order valence-corrected chi connectivity index (χ0v) is 13.5. The average molecular weight is 317 g/mol. The van der Waals surface area contributed by atoms with E-state index < -0.39 is 0 Å². The number of amides is 1. The summed E-state index contributed by atoms with van der Waals surface area (Å²) in [6.45, 7) is 4.48. The van der Waals surface area contributed by atoms with Crippen LogP contribution < -0.4 is 20.1 Å². The second-order valence-electron chi connectivity index (χ2n) is 4.29. The number of para-hydroxylation sites is 2. The first kappa shape index (κ1) is 19.5. The van der Waals surface area contributed by atoms with Crippen LogP contribution in [0.4, 0.5) is 0 Å². The van der Waals surface area contributed by atoms with Crippen LogP contribution >= 0.6 is 12.4 Å². The van der Waals surface area contributed by atoms with Crippen LogP contribution in [0.25, 0.3) is 0 Å². The van der Waals surface area contributed by atoms with Gasteiger partial charge in [0.25, 0.3) is 0 Å². The monoisotopic (exact) mass is 316 g/mol. The van der Waals surface area contributed by atoms with Crippen molar-refractivity contribution in [2.75, 3.05) is 33.4 Å². The largest absolute Gasteiger partial charge is 0.490 e. The van der Waals surface area contributed by atoms with E-state index in [4.69, 9.17) is 9.47 Å². The highest BCUT2D eigenvalue weighted by Crippen LogP contribution is 2.26. The van der Waals surface area contributed by atoms with Crippen molar-refractivity contribution in [3.8, 4) is 11.5 Å².